The van der Waals surface area contributed by atoms with Crippen LogP contribution in [0.15, 0.2) is 36.4 Å². The lowest BCUT2D eigenvalue weighted by atomic mass is 9.91. The summed E-state index contributed by atoms with van der Waals surface area (Å²) < 4.78 is 5.41. The molecule has 152 valence electrons. The highest BCUT2D eigenvalue weighted by Gasteiger charge is 2.31. The molecule has 1 atom stereocenters. The van der Waals surface area contributed by atoms with Crippen LogP contribution in [0, 0.1) is 0 Å². The van der Waals surface area contributed by atoms with Crippen LogP contribution in [-0.4, -0.2) is 50.0 Å². The third kappa shape index (κ3) is 5.12. The Morgan fingerprint density at radius 3 is 2.57 bits per heavy atom. The fourth-order valence-corrected chi connectivity index (χ4v) is 3.89. The molecule has 1 amide bonds. The Morgan fingerprint density at radius 1 is 1.18 bits per heavy atom. The zero-order chi connectivity index (χ0) is 19.6. The van der Waals surface area contributed by atoms with Gasteiger partial charge in [-0.15, -0.1) is 12.4 Å². The Labute approximate surface area is 182 Å². The molecule has 3 rings (SSSR count). The van der Waals surface area contributed by atoms with Crippen LogP contribution in [0.4, 0.5) is 0 Å². The van der Waals surface area contributed by atoms with Crippen molar-refractivity contribution in [2.75, 3.05) is 34.3 Å². The average molecular weight is 444 g/mol. The third-order valence-electron chi connectivity index (χ3n) is 4.91. The van der Waals surface area contributed by atoms with Gasteiger partial charge in [0.05, 0.1) is 29.6 Å². The highest BCUT2D eigenvalue weighted by atomic mass is 35.5. The smallest absolute Gasteiger partial charge is 0.227 e. The molecule has 4 nitrogen and oxygen atoms in total. The number of carbonyl (C=O) groups excluding carboxylic acids is 1. The van der Waals surface area contributed by atoms with Crippen LogP contribution in [0.2, 0.25) is 10.0 Å². The van der Waals surface area contributed by atoms with Crippen molar-refractivity contribution in [3.8, 4) is 5.75 Å². The molecule has 0 saturated carbocycles. The van der Waals surface area contributed by atoms with Crippen molar-refractivity contribution in [1.29, 1.82) is 0 Å². The van der Waals surface area contributed by atoms with Crippen molar-refractivity contribution in [2.24, 2.45) is 0 Å². The van der Waals surface area contributed by atoms with Gasteiger partial charge in [-0.1, -0.05) is 35.3 Å². The van der Waals surface area contributed by atoms with Gasteiger partial charge < -0.3 is 14.5 Å². The van der Waals surface area contributed by atoms with E-state index in [-0.39, 0.29) is 24.4 Å². The second-order valence-corrected chi connectivity index (χ2v) is 7.92. The lowest BCUT2D eigenvalue weighted by molar-refractivity contribution is -0.133. The van der Waals surface area contributed by atoms with E-state index in [0.717, 1.165) is 29.8 Å². The van der Waals surface area contributed by atoms with E-state index in [0.29, 0.717) is 23.0 Å². The molecule has 28 heavy (non-hydrogen) atoms. The van der Waals surface area contributed by atoms with E-state index in [1.807, 2.05) is 31.1 Å². The summed E-state index contributed by atoms with van der Waals surface area (Å²) >= 11 is 12.1. The standard InChI is InChI=1S/C21H24Cl2N2O2.ClH/c1-24(2)13-20-17-12-16(27-3)6-5-15(17)8-9-25(20)21(26)11-14-4-7-18(22)19(23)10-14;/h4-7,10,12,20H,8-9,11,13H2,1-3H3;1H. The Balaban J connectivity index is 0.00000280. The van der Waals surface area contributed by atoms with Gasteiger partial charge in [0.1, 0.15) is 5.75 Å². The highest BCUT2D eigenvalue weighted by molar-refractivity contribution is 6.42. The molecule has 2 aromatic rings. The van der Waals surface area contributed by atoms with Gasteiger partial charge in [0.2, 0.25) is 5.91 Å². The number of hydrogen-bond acceptors (Lipinski definition) is 3. The molecule has 0 saturated heterocycles. The molecule has 0 fully saturated rings. The molecule has 2 aromatic carbocycles. The predicted octanol–water partition coefficient (Wildman–Crippen LogP) is 4.65. The van der Waals surface area contributed by atoms with Gasteiger partial charge in [-0.05, 0) is 61.5 Å². The van der Waals surface area contributed by atoms with Crippen LogP contribution < -0.4 is 4.74 Å². The normalized spacial score (nSPS) is 15.8. The second-order valence-electron chi connectivity index (χ2n) is 7.11. The van der Waals surface area contributed by atoms with Crippen molar-refractivity contribution < 1.29 is 9.53 Å². The molecule has 1 aliphatic rings. The van der Waals surface area contributed by atoms with Crippen LogP contribution in [0.25, 0.3) is 0 Å². The summed E-state index contributed by atoms with van der Waals surface area (Å²) in [5, 5.41) is 0.970. The van der Waals surface area contributed by atoms with Gasteiger partial charge in [0.25, 0.3) is 0 Å². The number of rotatable bonds is 5. The van der Waals surface area contributed by atoms with Crippen LogP contribution in [0.5, 0.6) is 5.75 Å². The maximum Gasteiger partial charge on any atom is 0.227 e. The third-order valence-corrected chi connectivity index (χ3v) is 5.65. The Bertz CT molecular complexity index is 842. The Hall–Kier alpha value is -1.46. The fourth-order valence-electron chi connectivity index (χ4n) is 3.57. The van der Waals surface area contributed by atoms with E-state index in [1.54, 1.807) is 19.2 Å². The van der Waals surface area contributed by atoms with Crippen LogP contribution in [-0.2, 0) is 17.6 Å². The van der Waals surface area contributed by atoms with Gasteiger partial charge in [0.15, 0.2) is 0 Å². The molecule has 1 heterocycles. The molecule has 0 bridgehead atoms. The first-order valence-electron chi connectivity index (χ1n) is 8.94. The average Bonchev–Trinajstić information content (AvgIpc) is 2.64. The predicted molar refractivity (Wildman–Crippen MR) is 117 cm³/mol. The monoisotopic (exact) mass is 442 g/mol. The van der Waals surface area contributed by atoms with Crippen molar-refractivity contribution in [3.05, 3.63) is 63.1 Å². The number of likely N-dealkylation sites (N-methyl/N-ethyl adjacent to an activating group) is 1. The molecule has 1 unspecified atom stereocenters. The summed E-state index contributed by atoms with van der Waals surface area (Å²) in [5.74, 6) is 0.907. The quantitative estimate of drug-likeness (QED) is 0.674. The van der Waals surface area contributed by atoms with E-state index < -0.39 is 0 Å². The number of amides is 1. The minimum atomic E-state index is -0.00544. The van der Waals surface area contributed by atoms with Crippen LogP contribution in [0.3, 0.4) is 0 Å². The summed E-state index contributed by atoms with van der Waals surface area (Å²) in [6, 6.07) is 11.5. The molecule has 7 heteroatoms. The molecule has 0 aliphatic carbocycles. The van der Waals surface area contributed by atoms with E-state index in [9.17, 15) is 4.79 Å². The lowest BCUT2D eigenvalue weighted by Crippen LogP contribution is -2.44. The maximum absolute atomic E-state index is 13.1. The molecule has 1 aliphatic heterocycles. The number of ether oxygens (including phenoxy) is 1. The summed E-state index contributed by atoms with van der Waals surface area (Å²) in [4.78, 5) is 17.2. The number of halogens is 3. The molecule has 0 radical (unpaired) electrons. The highest BCUT2D eigenvalue weighted by Crippen LogP contribution is 2.33. The summed E-state index contributed by atoms with van der Waals surface area (Å²) in [5.41, 5.74) is 3.31. The molecule has 0 aromatic heterocycles. The van der Waals surface area contributed by atoms with E-state index >= 15 is 0 Å². The molecular formula is C21H25Cl3N2O2. The number of nitrogens with zero attached hydrogens (tertiary/aromatic N) is 2. The Morgan fingerprint density at radius 2 is 1.93 bits per heavy atom. The first-order valence-corrected chi connectivity index (χ1v) is 9.69. The molecule has 0 spiro atoms. The number of carbonyl (C=O) groups is 1. The van der Waals surface area contributed by atoms with Gasteiger partial charge in [-0.25, -0.2) is 0 Å². The Kier molecular flexibility index (Phi) is 8.02. The first-order chi connectivity index (χ1) is 12.9. The summed E-state index contributed by atoms with van der Waals surface area (Å²) in [6.45, 7) is 1.46. The van der Waals surface area contributed by atoms with Crippen molar-refractivity contribution in [3.63, 3.8) is 0 Å². The second kappa shape index (κ2) is 9.84. The number of fused-ring (bicyclic) bond motifs is 1. The SMILES string of the molecule is COc1ccc2c(c1)C(CN(C)C)N(C(=O)Cc1ccc(Cl)c(Cl)c1)CC2.Cl. The zero-order valence-electron chi connectivity index (χ0n) is 16.2. The van der Waals surface area contributed by atoms with Gasteiger partial charge in [-0.2, -0.15) is 0 Å². The molecule has 0 N–H and O–H groups in total. The summed E-state index contributed by atoms with van der Waals surface area (Å²) in [6.07, 6.45) is 1.15. The van der Waals surface area contributed by atoms with Crippen LogP contribution >= 0.6 is 35.6 Å². The zero-order valence-corrected chi connectivity index (χ0v) is 18.6. The van der Waals surface area contributed by atoms with Crippen molar-refractivity contribution in [1.82, 2.24) is 9.80 Å². The lowest BCUT2D eigenvalue weighted by Gasteiger charge is -2.39. The topological polar surface area (TPSA) is 32.8 Å². The number of benzene rings is 2. The van der Waals surface area contributed by atoms with Gasteiger partial charge >= 0.3 is 0 Å². The minimum absolute atomic E-state index is 0. The first kappa shape index (κ1) is 22.8. The van der Waals surface area contributed by atoms with Gasteiger partial charge in [-0.3, -0.25) is 4.79 Å². The minimum Gasteiger partial charge on any atom is -0.497 e. The van der Waals surface area contributed by atoms with Crippen LogP contribution in [0.1, 0.15) is 22.7 Å². The summed E-state index contributed by atoms with van der Waals surface area (Å²) in [7, 11) is 5.71. The van der Waals surface area contributed by atoms with E-state index in [1.165, 1.54) is 5.56 Å². The van der Waals surface area contributed by atoms with E-state index in [4.69, 9.17) is 27.9 Å². The van der Waals surface area contributed by atoms with Gasteiger partial charge in [0, 0.05) is 13.1 Å². The van der Waals surface area contributed by atoms with E-state index in [2.05, 4.69) is 17.0 Å². The number of methoxy groups -OCH3 is 1. The number of hydrogen-bond donors (Lipinski definition) is 0. The fraction of sp³-hybridized carbons (Fsp3) is 0.381. The maximum atomic E-state index is 13.1. The largest absolute Gasteiger partial charge is 0.497 e. The van der Waals surface area contributed by atoms with Crippen molar-refractivity contribution in [2.45, 2.75) is 18.9 Å². The molecular weight excluding hydrogens is 419 g/mol. The van der Waals surface area contributed by atoms with Crippen molar-refractivity contribution >= 4 is 41.5 Å².